The van der Waals surface area contributed by atoms with Gasteiger partial charge in [-0.2, -0.15) is 0 Å². The number of nitrogens with one attached hydrogen (secondary N) is 1. The van der Waals surface area contributed by atoms with Gasteiger partial charge in [0.05, 0.1) is 19.1 Å². The molecule has 86 valence electrons. The quantitative estimate of drug-likeness (QED) is 0.413. The molecule has 1 fully saturated rings. The molecular formula is C9H17N3O3. The van der Waals surface area contributed by atoms with Gasteiger partial charge in [0, 0.05) is 12.0 Å². The molecule has 1 atom stereocenters. The van der Waals surface area contributed by atoms with E-state index in [1.165, 1.54) is 0 Å². The third kappa shape index (κ3) is 3.49. The third-order valence-corrected chi connectivity index (χ3v) is 2.69. The summed E-state index contributed by atoms with van der Waals surface area (Å²) in [5, 5.41) is 11.6. The number of amides is 2. The maximum atomic E-state index is 11.3. The van der Waals surface area contributed by atoms with Gasteiger partial charge in [0.15, 0.2) is 0 Å². The van der Waals surface area contributed by atoms with E-state index in [9.17, 15) is 9.59 Å². The van der Waals surface area contributed by atoms with Crippen molar-refractivity contribution in [3.63, 3.8) is 0 Å². The van der Waals surface area contributed by atoms with Gasteiger partial charge < -0.3 is 21.9 Å². The molecule has 1 saturated carbocycles. The number of hydrogen-bond donors (Lipinski definition) is 4. The Balaban J connectivity index is 2.26. The average molecular weight is 215 g/mol. The van der Waals surface area contributed by atoms with Gasteiger partial charge in [-0.3, -0.25) is 9.59 Å². The summed E-state index contributed by atoms with van der Waals surface area (Å²) < 4.78 is 0. The maximum absolute atomic E-state index is 11.3. The summed E-state index contributed by atoms with van der Waals surface area (Å²) in [6.45, 7) is 0.479. The molecule has 6 N–H and O–H groups in total. The second-order valence-electron chi connectivity index (χ2n) is 4.15. The van der Waals surface area contributed by atoms with Gasteiger partial charge in [-0.1, -0.05) is 0 Å². The van der Waals surface area contributed by atoms with Crippen LogP contribution in [0.5, 0.6) is 0 Å². The number of carbonyl (C=O) groups excluding carboxylic acids is 2. The standard InChI is InChI=1S/C9H17N3O3/c10-6(3-7(11)14)8(15)12-4-9(5-13)1-2-9/h6,13H,1-5,10H2,(H2,11,14)(H,12,15). The first-order valence-corrected chi connectivity index (χ1v) is 4.91. The van der Waals surface area contributed by atoms with Crippen LogP contribution in [0.2, 0.25) is 0 Å². The van der Waals surface area contributed by atoms with Crippen LogP contribution in [-0.2, 0) is 9.59 Å². The Morgan fingerprint density at radius 2 is 2.07 bits per heavy atom. The van der Waals surface area contributed by atoms with E-state index in [-0.39, 0.29) is 18.4 Å². The van der Waals surface area contributed by atoms with Crippen LogP contribution in [0.1, 0.15) is 19.3 Å². The van der Waals surface area contributed by atoms with E-state index < -0.39 is 17.9 Å². The van der Waals surface area contributed by atoms with E-state index in [2.05, 4.69) is 5.32 Å². The minimum absolute atomic E-state index is 0.0678. The molecule has 0 radical (unpaired) electrons. The van der Waals surface area contributed by atoms with Crippen molar-refractivity contribution >= 4 is 11.8 Å². The van der Waals surface area contributed by atoms with E-state index in [1.54, 1.807) is 0 Å². The van der Waals surface area contributed by atoms with Crippen LogP contribution < -0.4 is 16.8 Å². The number of nitrogens with two attached hydrogens (primary N) is 2. The molecule has 0 spiro atoms. The lowest BCUT2D eigenvalue weighted by atomic mass is 10.1. The van der Waals surface area contributed by atoms with Crippen molar-refractivity contribution in [3.8, 4) is 0 Å². The Bertz CT molecular complexity index is 263. The van der Waals surface area contributed by atoms with Gasteiger partial charge in [0.2, 0.25) is 11.8 Å². The average Bonchev–Trinajstić information content (AvgIpc) is 2.94. The molecule has 0 aromatic heterocycles. The normalized spacial score (nSPS) is 19.3. The van der Waals surface area contributed by atoms with Gasteiger partial charge >= 0.3 is 0 Å². The SMILES string of the molecule is NC(=O)CC(N)C(=O)NCC1(CO)CC1. The Morgan fingerprint density at radius 3 is 2.47 bits per heavy atom. The minimum Gasteiger partial charge on any atom is -0.396 e. The van der Waals surface area contributed by atoms with E-state index in [4.69, 9.17) is 16.6 Å². The van der Waals surface area contributed by atoms with Crippen molar-refractivity contribution in [2.75, 3.05) is 13.2 Å². The zero-order valence-corrected chi connectivity index (χ0v) is 8.53. The molecule has 2 amide bonds. The molecule has 1 rings (SSSR count). The lowest BCUT2D eigenvalue weighted by Crippen LogP contribution is -2.45. The molecule has 1 aliphatic carbocycles. The lowest BCUT2D eigenvalue weighted by molar-refractivity contribution is -0.126. The van der Waals surface area contributed by atoms with E-state index in [0.29, 0.717) is 6.54 Å². The topological polar surface area (TPSA) is 118 Å². The Morgan fingerprint density at radius 1 is 1.47 bits per heavy atom. The van der Waals surface area contributed by atoms with Crippen molar-refractivity contribution < 1.29 is 14.7 Å². The molecule has 6 nitrogen and oxygen atoms in total. The monoisotopic (exact) mass is 215 g/mol. The molecule has 0 bridgehead atoms. The van der Waals surface area contributed by atoms with Gasteiger partial charge in [-0.25, -0.2) is 0 Å². The largest absolute Gasteiger partial charge is 0.396 e. The predicted molar refractivity (Wildman–Crippen MR) is 53.5 cm³/mol. The van der Waals surface area contributed by atoms with Gasteiger partial charge in [0.1, 0.15) is 0 Å². The van der Waals surface area contributed by atoms with E-state index in [1.807, 2.05) is 0 Å². The number of primary amides is 1. The third-order valence-electron chi connectivity index (χ3n) is 2.69. The summed E-state index contributed by atoms with van der Waals surface area (Å²) in [4.78, 5) is 21.8. The Labute approximate surface area is 88.0 Å². The first-order valence-electron chi connectivity index (χ1n) is 4.91. The summed E-state index contributed by atoms with van der Waals surface area (Å²) in [6, 6.07) is -0.892. The molecule has 0 aromatic carbocycles. The maximum Gasteiger partial charge on any atom is 0.237 e. The highest BCUT2D eigenvalue weighted by Gasteiger charge is 2.42. The number of aliphatic hydroxyl groups is 1. The molecule has 0 aliphatic heterocycles. The highest BCUT2D eigenvalue weighted by Crippen LogP contribution is 2.44. The van der Waals surface area contributed by atoms with Crippen molar-refractivity contribution in [3.05, 3.63) is 0 Å². The molecule has 1 unspecified atom stereocenters. The van der Waals surface area contributed by atoms with Crippen LogP contribution in [0.15, 0.2) is 0 Å². The lowest BCUT2D eigenvalue weighted by Gasteiger charge is -2.15. The molecule has 15 heavy (non-hydrogen) atoms. The first kappa shape index (κ1) is 11.9. The van der Waals surface area contributed by atoms with Crippen LogP contribution in [0.25, 0.3) is 0 Å². The summed E-state index contributed by atoms with van der Waals surface area (Å²) in [5.41, 5.74) is 10.2. The van der Waals surface area contributed by atoms with Crippen molar-refractivity contribution in [2.45, 2.75) is 25.3 Å². The number of rotatable bonds is 6. The predicted octanol–water partition coefficient (Wildman–Crippen LogP) is -1.92. The van der Waals surface area contributed by atoms with Crippen LogP contribution in [-0.4, -0.2) is 36.1 Å². The van der Waals surface area contributed by atoms with Crippen molar-refractivity contribution in [2.24, 2.45) is 16.9 Å². The van der Waals surface area contributed by atoms with Gasteiger partial charge in [0.25, 0.3) is 0 Å². The van der Waals surface area contributed by atoms with Crippen LogP contribution in [0.4, 0.5) is 0 Å². The fourth-order valence-corrected chi connectivity index (χ4v) is 1.28. The van der Waals surface area contributed by atoms with Crippen LogP contribution in [0, 0.1) is 5.41 Å². The van der Waals surface area contributed by atoms with Gasteiger partial charge in [-0.15, -0.1) is 0 Å². The summed E-state index contributed by atoms with van der Waals surface area (Å²) in [7, 11) is 0. The van der Waals surface area contributed by atoms with Crippen LogP contribution in [0.3, 0.4) is 0 Å². The molecule has 0 saturated heterocycles. The van der Waals surface area contributed by atoms with Crippen molar-refractivity contribution in [1.29, 1.82) is 0 Å². The Hall–Kier alpha value is -1.14. The number of hydrogen-bond acceptors (Lipinski definition) is 4. The number of carbonyl (C=O) groups is 2. The zero-order valence-electron chi connectivity index (χ0n) is 8.53. The van der Waals surface area contributed by atoms with Crippen LogP contribution >= 0.6 is 0 Å². The summed E-state index contributed by atoms with van der Waals surface area (Å²) in [6.07, 6.45) is 1.67. The van der Waals surface area contributed by atoms with E-state index >= 15 is 0 Å². The minimum atomic E-state index is -0.892. The van der Waals surface area contributed by atoms with E-state index in [0.717, 1.165) is 12.8 Å². The molecular weight excluding hydrogens is 198 g/mol. The number of aliphatic hydroxyl groups excluding tert-OH is 1. The summed E-state index contributed by atoms with van der Waals surface area (Å²) in [5.74, 6) is -0.991. The highest BCUT2D eigenvalue weighted by atomic mass is 16.3. The molecule has 1 aliphatic rings. The second kappa shape index (κ2) is 4.59. The highest BCUT2D eigenvalue weighted by molar-refractivity contribution is 5.87. The van der Waals surface area contributed by atoms with Gasteiger partial charge in [-0.05, 0) is 12.8 Å². The van der Waals surface area contributed by atoms with Crippen molar-refractivity contribution in [1.82, 2.24) is 5.32 Å². The fourth-order valence-electron chi connectivity index (χ4n) is 1.28. The Kier molecular flexibility index (Phi) is 3.65. The first-order chi connectivity index (χ1) is 6.99. The summed E-state index contributed by atoms with van der Waals surface area (Å²) >= 11 is 0. The molecule has 0 aromatic rings. The second-order valence-corrected chi connectivity index (χ2v) is 4.15. The smallest absolute Gasteiger partial charge is 0.237 e. The molecule has 0 heterocycles. The zero-order chi connectivity index (χ0) is 11.5. The molecule has 6 heteroatoms. The fraction of sp³-hybridized carbons (Fsp3) is 0.778.